The van der Waals surface area contributed by atoms with Crippen molar-refractivity contribution in [3.05, 3.63) is 51.5 Å². The smallest absolute Gasteiger partial charge is 0.211 e. The first kappa shape index (κ1) is 15.2. The van der Waals surface area contributed by atoms with Crippen molar-refractivity contribution < 1.29 is 8.42 Å². The maximum Gasteiger partial charge on any atom is 0.211 e. The van der Waals surface area contributed by atoms with E-state index in [0.29, 0.717) is 0 Å². The zero-order valence-electron chi connectivity index (χ0n) is 11.6. The van der Waals surface area contributed by atoms with Gasteiger partial charge >= 0.3 is 0 Å². The number of hydrogen-bond donors (Lipinski definition) is 1. The van der Waals surface area contributed by atoms with Gasteiger partial charge in [-0.15, -0.1) is 11.3 Å². The van der Waals surface area contributed by atoms with E-state index in [9.17, 15) is 8.42 Å². The molecule has 1 aromatic carbocycles. The average Bonchev–Trinajstić information content (AvgIpc) is 2.87. The molecule has 1 heterocycles. The Morgan fingerprint density at radius 3 is 2.60 bits per heavy atom. The molecule has 0 atom stereocenters. The molecule has 108 valence electrons. The Morgan fingerprint density at radius 2 is 1.95 bits per heavy atom. The maximum absolute atomic E-state index is 11.4. The minimum atomic E-state index is -3.16. The van der Waals surface area contributed by atoms with Crippen molar-refractivity contribution in [2.45, 2.75) is 26.8 Å². The van der Waals surface area contributed by atoms with E-state index in [2.05, 4.69) is 40.9 Å². The minimum Gasteiger partial charge on any atom is -0.248 e. The van der Waals surface area contributed by atoms with Gasteiger partial charge in [-0.1, -0.05) is 29.8 Å². The second kappa shape index (κ2) is 6.47. The molecule has 6 heteroatoms. The second-order valence-electron chi connectivity index (χ2n) is 4.61. The van der Waals surface area contributed by atoms with Crippen LogP contribution in [-0.2, 0) is 23.0 Å². The van der Waals surface area contributed by atoms with Crippen molar-refractivity contribution in [2.75, 3.05) is 5.75 Å². The molecule has 0 aliphatic heterocycles. The number of aromatic nitrogens is 1. The Morgan fingerprint density at radius 1 is 1.25 bits per heavy atom. The van der Waals surface area contributed by atoms with Crippen LogP contribution in [0.1, 0.15) is 27.9 Å². The number of benzene rings is 1. The highest BCUT2D eigenvalue weighted by atomic mass is 32.2. The fourth-order valence-electron chi connectivity index (χ4n) is 1.69. The first-order chi connectivity index (χ1) is 9.48. The predicted molar refractivity (Wildman–Crippen MR) is 82.4 cm³/mol. The number of nitrogens with zero attached hydrogens (tertiary/aromatic N) is 1. The van der Waals surface area contributed by atoms with Gasteiger partial charge in [-0.2, -0.15) is 0 Å². The Hall–Kier alpha value is -1.24. The highest BCUT2D eigenvalue weighted by Gasteiger charge is 2.08. The molecular weight excluding hydrogens is 292 g/mol. The Balaban J connectivity index is 1.97. The predicted octanol–water partition coefficient (Wildman–Crippen LogP) is 2.48. The van der Waals surface area contributed by atoms with E-state index in [4.69, 9.17) is 0 Å². The van der Waals surface area contributed by atoms with Crippen molar-refractivity contribution in [1.29, 1.82) is 0 Å². The Bertz CT molecular complexity index is 661. The summed E-state index contributed by atoms with van der Waals surface area (Å²) in [6, 6.07) is 8.39. The molecular formula is C14H18N2O2S2. The van der Waals surface area contributed by atoms with Gasteiger partial charge < -0.3 is 0 Å². The SMILES string of the molecule is CCS(=O)(=O)NCc1ncc(Cc2ccc(C)cc2)s1. The number of nitrogens with one attached hydrogen (secondary N) is 1. The van der Waals surface area contributed by atoms with Gasteiger partial charge in [0.1, 0.15) is 5.01 Å². The van der Waals surface area contributed by atoms with Gasteiger partial charge in [0, 0.05) is 17.5 Å². The van der Waals surface area contributed by atoms with Crippen molar-refractivity contribution in [3.63, 3.8) is 0 Å². The molecule has 20 heavy (non-hydrogen) atoms. The van der Waals surface area contributed by atoms with Crippen LogP contribution in [0.25, 0.3) is 0 Å². The van der Waals surface area contributed by atoms with Crippen LogP contribution in [0.2, 0.25) is 0 Å². The lowest BCUT2D eigenvalue weighted by Gasteiger charge is -2.01. The molecule has 0 radical (unpaired) electrons. The largest absolute Gasteiger partial charge is 0.248 e. The normalized spacial score (nSPS) is 11.7. The summed E-state index contributed by atoms with van der Waals surface area (Å²) in [4.78, 5) is 5.40. The van der Waals surface area contributed by atoms with Crippen molar-refractivity contribution in [1.82, 2.24) is 9.71 Å². The number of sulfonamides is 1. The molecule has 2 rings (SSSR count). The summed E-state index contributed by atoms with van der Waals surface area (Å²) in [5.41, 5.74) is 2.48. The van der Waals surface area contributed by atoms with Crippen LogP contribution in [0.5, 0.6) is 0 Å². The lowest BCUT2D eigenvalue weighted by molar-refractivity contribution is 0.582. The molecule has 1 N–H and O–H groups in total. The topological polar surface area (TPSA) is 59.1 Å². The van der Waals surface area contributed by atoms with Crippen LogP contribution < -0.4 is 4.72 Å². The summed E-state index contributed by atoms with van der Waals surface area (Å²) in [5, 5.41) is 0.795. The van der Waals surface area contributed by atoms with Crippen LogP contribution in [0.15, 0.2) is 30.5 Å². The standard InChI is InChI=1S/C14H18N2O2S2/c1-3-20(17,18)16-10-14-15-9-13(19-14)8-12-6-4-11(2)5-7-12/h4-7,9,16H,3,8,10H2,1-2H3. The molecule has 4 nitrogen and oxygen atoms in total. The fraction of sp³-hybridized carbons (Fsp3) is 0.357. The molecule has 0 aliphatic rings. The van der Waals surface area contributed by atoms with Crippen LogP contribution in [-0.4, -0.2) is 19.2 Å². The fourth-order valence-corrected chi connectivity index (χ4v) is 3.24. The number of hydrogen-bond acceptors (Lipinski definition) is 4. The number of thiazole rings is 1. The minimum absolute atomic E-state index is 0.0919. The number of aryl methyl sites for hydroxylation is 1. The summed E-state index contributed by atoms with van der Waals surface area (Å²) >= 11 is 1.55. The van der Waals surface area contributed by atoms with Gasteiger partial charge in [-0.05, 0) is 19.4 Å². The van der Waals surface area contributed by atoms with E-state index in [1.165, 1.54) is 11.1 Å². The summed E-state index contributed by atoms with van der Waals surface area (Å²) in [5.74, 6) is 0.0919. The Kier molecular flexibility index (Phi) is 4.91. The van der Waals surface area contributed by atoms with Crippen LogP contribution in [0, 0.1) is 6.92 Å². The molecule has 0 bridgehead atoms. The van der Waals surface area contributed by atoms with Gasteiger partial charge in [0.05, 0.1) is 12.3 Å². The third-order valence-electron chi connectivity index (χ3n) is 2.92. The van der Waals surface area contributed by atoms with Crippen LogP contribution in [0.3, 0.4) is 0 Å². The van der Waals surface area contributed by atoms with Crippen LogP contribution in [0.4, 0.5) is 0 Å². The third kappa shape index (κ3) is 4.40. The van der Waals surface area contributed by atoms with Crippen molar-refractivity contribution in [3.8, 4) is 0 Å². The van der Waals surface area contributed by atoms with Crippen molar-refractivity contribution >= 4 is 21.4 Å². The van der Waals surface area contributed by atoms with Crippen LogP contribution >= 0.6 is 11.3 Å². The lowest BCUT2D eigenvalue weighted by atomic mass is 10.1. The molecule has 2 aromatic rings. The molecule has 0 unspecified atom stereocenters. The highest BCUT2D eigenvalue weighted by Crippen LogP contribution is 2.17. The average molecular weight is 310 g/mol. The molecule has 0 fully saturated rings. The molecule has 1 aromatic heterocycles. The van der Waals surface area contributed by atoms with E-state index in [1.807, 2.05) is 6.20 Å². The third-order valence-corrected chi connectivity index (χ3v) is 5.27. The molecule has 0 saturated heterocycles. The molecule has 0 spiro atoms. The van der Waals surface area contributed by atoms with E-state index in [-0.39, 0.29) is 12.3 Å². The Labute approximate surface area is 123 Å². The van der Waals surface area contributed by atoms with Gasteiger partial charge in [0.15, 0.2) is 0 Å². The van der Waals surface area contributed by atoms with Gasteiger partial charge in [-0.3, -0.25) is 0 Å². The van der Waals surface area contributed by atoms with E-state index in [1.54, 1.807) is 18.3 Å². The van der Waals surface area contributed by atoms with E-state index < -0.39 is 10.0 Å². The van der Waals surface area contributed by atoms with E-state index in [0.717, 1.165) is 16.3 Å². The van der Waals surface area contributed by atoms with Gasteiger partial charge in [0.25, 0.3) is 0 Å². The summed E-state index contributed by atoms with van der Waals surface area (Å²) in [7, 11) is -3.16. The quantitative estimate of drug-likeness (QED) is 0.891. The zero-order valence-corrected chi connectivity index (χ0v) is 13.2. The van der Waals surface area contributed by atoms with E-state index >= 15 is 0 Å². The van der Waals surface area contributed by atoms with Gasteiger partial charge in [0.2, 0.25) is 10.0 Å². The summed E-state index contributed by atoms with van der Waals surface area (Å²) in [6.07, 6.45) is 2.65. The highest BCUT2D eigenvalue weighted by molar-refractivity contribution is 7.89. The monoisotopic (exact) mass is 310 g/mol. The maximum atomic E-state index is 11.4. The van der Waals surface area contributed by atoms with Gasteiger partial charge in [-0.25, -0.2) is 18.1 Å². The molecule has 0 aliphatic carbocycles. The second-order valence-corrected chi connectivity index (χ2v) is 7.90. The zero-order chi connectivity index (χ0) is 14.6. The molecule has 0 saturated carbocycles. The number of rotatable bonds is 6. The lowest BCUT2D eigenvalue weighted by Crippen LogP contribution is -2.24. The summed E-state index contributed by atoms with van der Waals surface area (Å²) in [6.45, 7) is 3.95. The molecule has 0 amide bonds. The first-order valence-electron chi connectivity index (χ1n) is 6.45. The summed E-state index contributed by atoms with van der Waals surface area (Å²) < 4.78 is 25.3. The van der Waals surface area contributed by atoms with Crippen molar-refractivity contribution in [2.24, 2.45) is 0 Å². The first-order valence-corrected chi connectivity index (χ1v) is 8.92.